The summed E-state index contributed by atoms with van der Waals surface area (Å²) in [7, 11) is 1.33. The van der Waals surface area contributed by atoms with Gasteiger partial charge in [0.15, 0.2) is 10.8 Å². The molecular formula is C25H28ClFN4O4S. The molecule has 0 spiro atoms. The summed E-state index contributed by atoms with van der Waals surface area (Å²) in [5, 5.41) is 9.33. The van der Waals surface area contributed by atoms with Crippen molar-refractivity contribution < 1.29 is 23.5 Å². The van der Waals surface area contributed by atoms with Gasteiger partial charge in [0.1, 0.15) is 11.9 Å². The van der Waals surface area contributed by atoms with Crippen molar-refractivity contribution in [2.24, 2.45) is 10.9 Å². The van der Waals surface area contributed by atoms with Gasteiger partial charge in [-0.2, -0.15) is 0 Å². The summed E-state index contributed by atoms with van der Waals surface area (Å²) in [5.74, 6) is -0.716. The SMILES string of the molecule is CCOC(=O)CNC1CCC(C2=C(C(=O)OC)C(c3ccc(F)cc3Cl)N=C(c3nccs3)N2)CC1. The molecule has 4 rings (SSSR count). The Morgan fingerprint density at radius 2 is 2.06 bits per heavy atom. The molecule has 0 radical (unpaired) electrons. The van der Waals surface area contributed by atoms with E-state index in [1.54, 1.807) is 19.2 Å². The van der Waals surface area contributed by atoms with Crippen LogP contribution in [0.2, 0.25) is 5.02 Å². The van der Waals surface area contributed by atoms with Crippen LogP contribution in [0.3, 0.4) is 0 Å². The standard InChI is InChI=1S/C25H28ClFN4O4S/c1-3-35-19(32)13-29-16-7-4-14(5-8-16)21-20(25(33)34-2)22(17-9-6-15(27)12-18(17)26)31-23(30-21)24-28-10-11-36-24/h6,9-12,14,16,22,29H,3-5,7-8,13H2,1-2H3,(H,30,31). The molecule has 1 aliphatic heterocycles. The molecule has 2 N–H and O–H groups in total. The first-order chi connectivity index (χ1) is 17.4. The van der Waals surface area contributed by atoms with E-state index in [-0.39, 0.29) is 29.5 Å². The van der Waals surface area contributed by atoms with Gasteiger partial charge in [-0.15, -0.1) is 11.3 Å². The molecule has 1 aromatic heterocycles. The lowest BCUT2D eigenvalue weighted by Gasteiger charge is -2.35. The molecule has 2 heterocycles. The number of nitrogens with one attached hydrogen (secondary N) is 2. The third-order valence-electron chi connectivity index (χ3n) is 6.35. The van der Waals surface area contributed by atoms with Crippen LogP contribution in [0.4, 0.5) is 4.39 Å². The first-order valence-corrected chi connectivity index (χ1v) is 13.1. The van der Waals surface area contributed by atoms with Gasteiger partial charge in [0.25, 0.3) is 0 Å². The Kier molecular flexibility index (Phi) is 8.71. The first kappa shape index (κ1) is 26.2. The molecule has 0 saturated heterocycles. The molecule has 1 fully saturated rings. The highest BCUT2D eigenvalue weighted by Gasteiger charge is 2.37. The van der Waals surface area contributed by atoms with Crippen molar-refractivity contribution in [3.63, 3.8) is 0 Å². The van der Waals surface area contributed by atoms with Gasteiger partial charge in [-0.05, 0) is 50.7 Å². The lowest BCUT2D eigenvalue weighted by molar-refractivity contribution is -0.142. The lowest BCUT2D eigenvalue weighted by atomic mass is 9.80. The fourth-order valence-electron chi connectivity index (χ4n) is 4.64. The van der Waals surface area contributed by atoms with E-state index in [1.165, 1.54) is 30.6 Å². The summed E-state index contributed by atoms with van der Waals surface area (Å²) in [4.78, 5) is 34.0. The summed E-state index contributed by atoms with van der Waals surface area (Å²) in [6.07, 6.45) is 4.87. The highest BCUT2D eigenvalue weighted by Crippen LogP contribution is 2.41. The molecule has 192 valence electrons. The van der Waals surface area contributed by atoms with Gasteiger partial charge in [0.2, 0.25) is 0 Å². The number of amidine groups is 1. The number of rotatable bonds is 8. The number of aromatic nitrogens is 1. The van der Waals surface area contributed by atoms with Crippen molar-refractivity contribution in [2.45, 2.75) is 44.7 Å². The summed E-state index contributed by atoms with van der Waals surface area (Å²) >= 11 is 7.84. The molecule has 1 aromatic carbocycles. The Morgan fingerprint density at radius 3 is 2.69 bits per heavy atom. The average molecular weight is 535 g/mol. The van der Waals surface area contributed by atoms with Crippen molar-refractivity contribution in [1.82, 2.24) is 15.6 Å². The number of carbonyl (C=O) groups excluding carboxylic acids is 2. The molecule has 1 aliphatic carbocycles. The van der Waals surface area contributed by atoms with Crippen molar-refractivity contribution in [2.75, 3.05) is 20.3 Å². The lowest BCUT2D eigenvalue weighted by Crippen LogP contribution is -2.41. The van der Waals surface area contributed by atoms with Crippen LogP contribution in [-0.2, 0) is 19.1 Å². The molecule has 2 aromatic rings. The Hall–Kier alpha value is -2.82. The molecule has 1 saturated carbocycles. The second kappa shape index (κ2) is 11.9. The number of thiazole rings is 1. The van der Waals surface area contributed by atoms with Crippen LogP contribution in [0, 0.1) is 11.7 Å². The van der Waals surface area contributed by atoms with E-state index in [4.69, 9.17) is 26.1 Å². The highest BCUT2D eigenvalue weighted by atomic mass is 35.5. The molecule has 0 amide bonds. The van der Waals surface area contributed by atoms with E-state index >= 15 is 0 Å². The average Bonchev–Trinajstić information content (AvgIpc) is 3.42. The maximum absolute atomic E-state index is 13.8. The Labute approximate surface area is 218 Å². The fraction of sp³-hybridized carbons (Fsp3) is 0.440. The van der Waals surface area contributed by atoms with Crippen LogP contribution in [0.5, 0.6) is 0 Å². The minimum Gasteiger partial charge on any atom is -0.466 e. The molecule has 2 aliphatic rings. The van der Waals surface area contributed by atoms with Crippen LogP contribution in [-0.4, -0.2) is 49.1 Å². The third-order valence-corrected chi connectivity index (χ3v) is 7.46. The summed E-state index contributed by atoms with van der Waals surface area (Å²) < 4.78 is 24.0. The zero-order chi connectivity index (χ0) is 25.7. The number of benzene rings is 1. The van der Waals surface area contributed by atoms with Crippen LogP contribution in [0.25, 0.3) is 0 Å². The van der Waals surface area contributed by atoms with Crippen molar-refractivity contribution >= 4 is 40.7 Å². The van der Waals surface area contributed by atoms with Gasteiger partial charge in [0.05, 0.1) is 25.8 Å². The molecule has 36 heavy (non-hydrogen) atoms. The Morgan fingerprint density at radius 1 is 1.28 bits per heavy atom. The van der Waals surface area contributed by atoms with E-state index in [0.29, 0.717) is 28.6 Å². The maximum Gasteiger partial charge on any atom is 0.338 e. The second-order valence-corrected chi connectivity index (χ2v) is 9.86. The van der Waals surface area contributed by atoms with Crippen molar-refractivity contribution in [3.8, 4) is 0 Å². The monoisotopic (exact) mass is 534 g/mol. The minimum atomic E-state index is -0.777. The minimum absolute atomic E-state index is 0.0203. The van der Waals surface area contributed by atoms with Gasteiger partial charge in [-0.25, -0.2) is 14.2 Å². The van der Waals surface area contributed by atoms with E-state index in [0.717, 1.165) is 31.4 Å². The zero-order valence-electron chi connectivity index (χ0n) is 20.1. The number of carbonyl (C=O) groups is 2. The number of hydrogen-bond acceptors (Lipinski definition) is 9. The summed E-state index contributed by atoms with van der Waals surface area (Å²) in [5.41, 5.74) is 1.59. The van der Waals surface area contributed by atoms with Gasteiger partial charge >= 0.3 is 11.9 Å². The molecule has 0 bridgehead atoms. The predicted molar refractivity (Wildman–Crippen MR) is 135 cm³/mol. The summed E-state index contributed by atoms with van der Waals surface area (Å²) in [6.45, 7) is 2.30. The number of ether oxygens (including phenoxy) is 2. The normalized spacial score (nSPS) is 22.0. The van der Waals surface area contributed by atoms with Gasteiger partial charge in [-0.3, -0.25) is 9.79 Å². The number of nitrogens with zero attached hydrogens (tertiary/aromatic N) is 2. The first-order valence-electron chi connectivity index (χ1n) is 11.8. The number of aliphatic imine (C=N–C) groups is 1. The number of esters is 2. The van der Waals surface area contributed by atoms with E-state index in [2.05, 4.69) is 15.6 Å². The molecule has 11 heteroatoms. The Balaban J connectivity index is 1.65. The van der Waals surface area contributed by atoms with Crippen LogP contribution in [0.1, 0.15) is 49.2 Å². The smallest absolute Gasteiger partial charge is 0.338 e. The number of halogens is 2. The van der Waals surface area contributed by atoms with Crippen LogP contribution < -0.4 is 10.6 Å². The van der Waals surface area contributed by atoms with E-state index in [9.17, 15) is 14.0 Å². The fourth-order valence-corrected chi connectivity index (χ4v) is 5.50. The van der Waals surface area contributed by atoms with Crippen molar-refractivity contribution in [1.29, 1.82) is 0 Å². The quantitative estimate of drug-likeness (QED) is 0.490. The van der Waals surface area contributed by atoms with Gasteiger partial charge in [0, 0.05) is 33.9 Å². The molecule has 1 unspecified atom stereocenters. The molecule has 8 nitrogen and oxygen atoms in total. The van der Waals surface area contributed by atoms with E-state index in [1.807, 2.05) is 5.38 Å². The zero-order valence-corrected chi connectivity index (χ0v) is 21.6. The van der Waals surface area contributed by atoms with Gasteiger partial charge < -0.3 is 20.1 Å². The largest absolute Gasteiger partial charge is 0.466 e. The van der Waals surface area contributed by atoms with Crippen LogP contribution in [0.15, 0.2) is 46.0 Å². The topological polar surface area (TPSA) is 102 Å². The molecule has 1 atom stereocenters. The summed E-state index contributed by atoms with van der Waals surface area (Å²) in [6, 6.07) is 3.46. The van der Waals surface area contributed by atoms with Crippen molar-refractivity contribution in [3.05, 3.63) is 62.5 Å². The Bertz CT molecular complexity index is 1160. The number of allylic oxidation sites excluding steroid dienone is 1. The third kappa shape index (κ3) is 5.93. The number of methoxy groups -OCH3 is 1. The maximum atomic E-state index is 13.8. The highest BCUT2D eigenvalue weighted by molar-refractivity contribution is 7.11. The van der Waals surface area contributed by atoms with E-state index < -0.39 is 17.8 Å². The second-order valence-electron chi connectivity index (χ2n) is 8.56. The molecular weight excluding hydrogens is 507 g/mol. The van der Waals surface area contributed by atoms with Gasteiger partial charge in [-0.1, -0.05) is 17.7 Å². The number of hydrogen-bond donors (Lipinski definition) is 2. The predicted octanol–water partition coefficient (Wildman–Crippen LogP) is 4.17. The van der Waals surface area contributed by atoms with Crippen LogP contribution >= 0.6 is 22.9 Å².